The van der Waals surface area contributed by atoms with E-state index in [4.69, 9.17) is 26.6 Å². The zero-order valence-electron chi connectivity index (χ0n) is 10.0. The maximum atomic E-state index is 10.8. The van der Waals surface area contributed by atoms with E-state index >= 15 is 0 Å². The topological polar surface area (TPSA) is 78.8 Å². The number of carboxylic acids is 1. The minimum absolute atomic E-state index is 0.0436. The Balaban J connectivity index is 2.77. The first-order valence-electron chi connectivity index (χ1n) is 5.47. The van der Waals surface area contributed by atoms with Crippen molar-refractivity contribution >= 4 is 23.3 Å². The van der Waals surface area contributed by atoms with Gasteiger partial charge in [-0.1, -0.05) is 11.6 Å². The van der Waals surface area contributed by atoms with E-state index in [2.05, 4.69) is 5.32 Å². The Hall–Kier alpha value is -1.30. The van der Waals surface area contributed by atoms with E-state index in [1.807, 2.05) is 0 Å². The summed E-state index contributed by atoms with van der Waals surface area (Å²) in [5.74, 6) is -1.06. The minimum atomic E-state index is -1.06. The number of carboxylic acid groups (broad SMARTS) is 1. The largest absolute Gasteiger partial charge is 0.478 e. The molecule has 0 saturated heterocycles. The molecule has 1 unspecified atom stereocenters. The van der Waals surface area contributed by atoms with Crippen molar-refractivity contribution in [2.45, 2.75) is 12.5 Å². The summed E-state index contributed by atoms with van der Waals surface area (Å²) in [6.45, 7) is 0.487. The fourth-order valence-electron chi connectivity index (χ4n) is 1.57. The third kappa shape index (κ3) is 4.18. The second-order valence-electron chi connectivity index (χ2n) is 3.81. The van der Waals surface area contributed by atoms with Crippen molar-refractivity contribution in [1.29, 1.82) is 0 Å². The lowest BCUT2D eigenvalue weighted by atomic mass is 10.1. The van der Waals surface area contributed by atoms with Gasteiger partial charge in [0.2, 0.25) is 0 Å². The molecule has 0 heterocycles. The Kier molecular flexibility index (Phi) is 5.91. The molecule has 0 radical (unpaired) electrons. The van der Waals surface area contributed by atoms with Gasteiger partial charge in [-0.05, 0) is 24.6 Å². The lowest BCUT2D eigenvalue weighted by Crippen LogP contribution is -2.26. The highest BCUT2D eigenvalue weighted by molar-refractivity contribution is 6.33. The van der Waals surface area contributed by atoms with Crippen LogP contribution in [-0.4, -0.2) is 42.5 Å². The number of benzene rings is 1. The van der Waals surface area contributed by atoms with Crippen molar-refractivity contribution in [3.63, 3.8) is 0 Å². The molecule has 1 aromatic rings. The molecule has 3 N–H and O–H groups in total. The van der Waals surface area contributed by atoms with E-state index in [0.717, 1.165) is 0 Å². The number of carbonyl (C=O) groups is 1. The lowest BCUT2D eigenvalue weighted by molar-refractivity contribution is 0.0697. The molecule has 0 bridgehead atoms. The van der Waals surface area contributed by atoms with Gasteiger partial charge in [0.25, 0.3) is 0 Å². The van der Waals surface area contributed by atoms with Gasteiger partial charge in [-0.2, -0.15) is 0 Å². The predicted molar refractivity (Wildman–Crippen MR) is 69.4 cm³/mol. The van der Waals surface area contributed by atoms with E-state index in [1.54, 1.807) is 19.2 Å². The van der Waals surface area contributed by atoms with Crippen molar-refractivity contribution in [2.24, 2.45) is 0 Å². The molecule has 1 rings (SSSR count). The summed E-state index contributed by atoms with van der Waals surface area (Å²) in [6.07, 6.45) is 0.534. The van der Waals surface area contributed by atoms with Crippen LogP contribution in [0.2, 0.25) is 5.02 Å². The number of aliphatic hydroxyl groups is 1. The predicted octanol–water partition coefficient (Wildman–Crippen LogP) is 1.85. The number of anilines is 1. The van der Waals surface area contributed by atoms with Crippen LogP contribution >= 0.6 is 11.6 Å². The molecule has 0 spiro atoms. The number of hydrogen-bond donors (Lipinski definition) is 3. The van der Waals surface area contributed by atoms with Crippen LogP contribution in [0.15, 0.2) is 18.2 Å². The van der Waals surface area contributed by atoms with Crippen LogP contribution in [-0.2, 0) is 4.74 Å². The number of aromatic carboxylic acids is 1. The standard InChI is InChI=1S/C12H16ClNO4/c1-18-7-9(4-5-15)14-8-2-3-10(12(16)17)11(13)6-8/h2-3,6,9,14-15H,4-5,7H2,1H3,(H,16,17). The molecule has 0 amide bonds. The van der Waals surface area contributed by atoms with Gasteiger partial charge in [0.05, 0.1) is 23.2 Å². The summed E-state index contributed by atoms with van der Waals surface area (Å²) in [5, 5.41) is 21.1. The summed E-state index contributed by atoms with van der Waals surface area (Å²) >= 11 is 5.86. The van der Waals surface area contributed by atoms with Crippen molar-refractivity contribution < 1.29 is 19.7 Å². The zero-order chi connectivity index (χ0) is 13.5. The smallest absolute Gasteiger partial charge is 0.337 e. The van der Waals surface area contributed by atoms with Crippen LogP contribution < -0.4 is 5.32 Å². The molecule has 1 aromatic carbocycles. The molecule has 0 fully saturated rings. The third-order valence-electron chi connectivity index (χ3n) is 2.42. The molecule has 0 saturated carbocycles. The second-order valence-corrected chi connectivity index (χ2v) is 4.22. The normalized spacial score (nSPS) is 12.2. The minimum Gasteiger partial charge on any atom is -0.478 e. The number of aliphatic hydroxyl groups excluding tert-OH is 1. The molecule has 0 aliphatic heterocycles. The molecule has 0 aliphatic rings. The van der Waals surface area contributed by atoms with Gasteiger partial charge in [-0.3, -0.25) is 0 Å². The molecule has 100 valence electrons. The summed E-state index contributed by atoms with van der Waals surface area (Å²) < 4.78 is 5.02. The Morgan fingerprint density at radius 3 is 2.78 bits per heavy atom. The van der Waals surface area contributed by atoms with Crippen LogP contribution in [0.4, 0.5) is 5.69 Å². The van der Waals surface area contributed by atoms with Crippen LogP contribution in [0.25, 0.3) is 0 Å². The first-order valence-corrected chi connectivity index (χ1v) is 5.85. The molecule has 0 aliphatic carbocycles. The number of nitrogens with one attached hydrogen (secondary N) is 1. The van der Waals surface area contributed by atoms with Crippen molar-refractivity contribution in [1.82, 2.24) is 0 Å². The van der Waals surface area contributed by atoms with Crippen LogP contribution in [0.3, 0.4) is 0 Å². The maximum Gasteiger partial charge on any atom is 0.337 e. The van der Waals surface area contributed by atoms with Crippen LogP contribution in [0, 0.1) is 0 Å². The van der Waals surface area contributed by atoms with E-state index in [9.17, 15) is 4.79 Å². The summed E-state index contributed by atoms with van der Waals surface area (Å²) in [6, 6.07) is 4.57. The second kappa shape index (κ2) is 7.20. The van der Waals surface area contributed by atoms with E-state index < -0.39 is 5.97 Å². The van der Waals surface area contributed by atoms with Gasteiger partial charge in [0, 0.05) is 19.4 Å². The summed E-state index contributed by atoms with van der Waals surface area (Å²) in [7, 11) is 1.58. The first kappa shape index (κ1) is 14.8. The lowest BCUT2D eigenvalue weighted by Gasteiger charge is -2.18. The highest BCUT2D eigenvalue weighted by Crippen LogP contribution is 2.21. The first-order chi connectivity index (χ1) is 8.58. The molecule has 18 heavy (non-hydrogen) atoms. The molecule has 5 nitrogen and oxygen atoms in total. The Labute approximate surface area is 110 Å². The Bertz CT molecular complexity index is 405. The third-order valence-corrected chi connectivity index (χ3v) is 2.73. The average molecular weight is 274 g/mol. The van der Waals surface area contributed by atoms with Gasteiger partial charge < -0.3 is 20.3 Å². The van der Waals surface area contributed by atoms with Gasteiger partial charge in [-0.15, -0.1) is 0 Å². The number of rotatable bonds is 7. The molecule has 0 aromatic heterocycles. The average Bonchev–Trinajstić information content (AvgIpc) is 2.29. The SMILES string of the molecule is COCC(CCO)Nc1ccc(C(=O)O)c(Cl)c1. The fourth-order valence-corrected chi connectivity index (χ4v) is 1.83. The van der Waals surface area contributed by atoms with Gasteiger partial charge in [0.15, 0.2) is 0 Å². The van der Waals surface area contributed by atoms with Gasteiger partial charge in [-0.25, -0.2) is 4.79 Å². The van der Waals surface area contributed by atoms with E-state index in [0.29, 0.717) is 18.7 Å². The molecule has 1 atom stereocenters. The number of methoxy groups -OCH3 is 1. The fraction of sp³-hybridized carbons (Fsp3) is 0.417. The monoisotopic (exact) mass is 273 g/mol. The van der Waals surface area contributed by atoms with Crippen LogP contribution in [0.1, 0.15) is 16.8 Å². The number of ether oxygens (including phenoxy) is 1. The zero-order valence-corrected chi connectivity index (χ0v) is 10.8. The van der Waals surface area contributed by atoms with Crippen LogP contribution in [0.5, 0.6) is 0 Å². The Morgan fingerprint density at radius 2 is 2.28 bits per heavy atom. The Morgan fingerprint density at radius 1 is 1.56 bits per heavy atom. The van der Waals surface area contributed by atoms with E-state index in [-0.39, 0.29) is 23.2 Å². The van der Waals surface area contributed by atoms with E-state index in [1.165, 1.54) is 6.07 Å². The number of halogens is 1. The van der Waals surface area contributed by atoms with Gasteiger partial charge >= 0.3 is 5.97 Å². The maximum absolute atomic E-state index is 10.8. The van der Waals surface area contributed by atoms with Crippen molar-refractivity contribution in [2.75, 3.05) is 25.6 Å². The summed E-state index contributed by atoms with van der Waals surface area (Å²) in [4.78, 5) is 10.8. The van der Waals surface area contributed by atoms with Crippen molar-refractivity contribution in [3.8, 4) is 0 Å². The highest BCUT2D eigenvalue weighted by Gasteiger charge is 2.11. The quantitative estimate of drug-likeness (QED) is 0.707. The van der Waals surface area contributed by atoms with Crippen molar-refractivity contribution in [3.05, 3.63) is 28.8 Å². The number of hydrogen-bond acceptors (Lipinski definition) is 4. The molecular weight excluding hydrogens is 258 g/mol. The highest BCUT2D eigenvalue weighted by atomic mass is 35.5. The molecule has 6 heteroatoms. The summed E-state index contributed by atoms with van der Waals surface area (Å²) in [5.41, 5.74) is 0.758. The van der Waals surface area contributed by atoms with Gasteiger partial charge in [0.1, 0.15) is 0 Å². The molecular formula is C12H16ClNO4.